The molecular weight excluding hydrogens is 168 g/mol. The monoisotopic (exact) mass is 180 g/mol. The van der Waals surface area contributed by atoms with E-state index in [2.05, 4.69) is 10.6 Å². The van der Waals surface area contributed by atoms with E-state index in [0.717, 1.165) is 11.4 Å². The quantitative estimate of drug-likeness (QED) is 0.686. The van der Waals surface area contributed by atoms with Crippen LogP contribution in [0.2, 0.25) is 0 Å². The Bertz CT molecular complexity index is 277. The van der Waals surface area contributed by atoms with Crippen molar-refractivity contribution in [3.63, 3.8) is 0 Å². The topological polar surface area (TPSA) is 50.4 Å². The highest BCUT2D eigenvalue weighted by Crippen LogP contribution is 2.23. The highest BCUT2D eigenvalue weighted by molar-refractivity contribution is 5.62. The number of hydrogen-bond donors (Lipinski definition) is 2. The summed E-state index contributed by atoms with van der Waals surface area (Å²) in [5.41, 5.74) is 1.78. The lowest BCUT2D eigenvalue weighted by atomic mass is 10.2. The predicted molar refractivity (Wildman–Crippen MR) is 52.2 cm³/mol. The molecule has 0 saturated carbocycles. The van der Waals surface area contributed by atoms with Gasteiger partial charge in [0.1, 0.15) is 5.75 Å². The molecule has 0 atom stereocenters. The first-order chi connectivity index (χ1) is 6.30. The van der Waals surface area contributed by atoms with Gasteiger partial charge in [-0.15, -0.1) is 0 Å². The molecule has 1 rings (SSSR count). The molecule has 70 valence electrons. The molecule has 1 aromatic rings. The Kier molecular flexibility index (Phi) is 3.14. The summed E-state index contributed by atoms with van der Waals surface area (Å²) in [7, 11) is 3.61. The van der Waals surface area contributed by atoms with Crippen LogP contribution < -0.4 is 15.4 Å². The molecule has 4 heteroatoms. The minimum absolute atomic E-state index is 0.411. The zero-order valence-electron chi connectivity index (χ0n) is 7.63. The van der Waals surface area contributed by atoms with Crippen LogP contribution >= 0.6 is 0 Å². The maximum atomic E-state index is 10.1. The van der Waals surface area contributed by atoms with Crippen LogP contribution in [0.15, 0.2) is 18.2 Å². The Labute approximate surface area is 76.9 Å². The Balaban J connectivity index is 2.99. The number of rotatable bonds is 4. The molecule has 0 amide bonds. The molecule has 0 aliphatic carbocycles. The van der Waals surface area contributed by atoms with Crippen molar-refractivity contribution in [1.82, 2.24) is 0 Å². The molecule has 0 spiro atoms. The highest BCUT2D eigenvalue weighted by atomic mass is 16.5. The zero-order chi connectivity index (χ0) is 9.68. The molecule has 0 bridgehead atoms. The fraction of sp³-hybridized carbons (Fsp3) is 0.222. The molecular formula is C9H12N2O2. The Morgan fingerprint density at radius 2 is 1.69 bits per heavy atom. The maximum absolute atomic E-state index is 10.1. The molecule has 0 radical (unpaired) electrons. The third-order valence-electron chi connectivity index (χ3n) is 1.67. The highest BCUT2D eigenvalue weighted by Gasteiger charge is 1.98. The van der Waals surface area contributed by atoms with Gasteiger partial charge < -0.3 is 15.4 Å². The molecule has 0 unspecified atom stereocenters. The Hall–Kier alpha value is -1.71. The first kappa shape index (κ1) is 9.38. The van der Waals surface area contributed by atoms with Crippen LogP contribution in [-0.2, 0) is 4.79 Å². The molecule has 2 N–H and O–H groups in total. The van der Waals surface area contributed by atoms with E-state index in [1.807, 2.05) is 6.07 Å². The van der Waals surface area contributed by atoms with Crippen LogP contribution in [0.4, 0.5) is 11.4 Å². The Morgan fingerprint density at radius 1 is 1.15 bits per heavy atom. The normalized spacial score (nSPS) is 9.08. The van der Waals surface area contributed by atoms with Gasteiger partial charge in [-0.3, -0.25) is 4.79 Å². The summed E-state index contributed by atoms with van der Waals surface area (Å²) in [5.74, 6) is 0.520. The summed E-state index contributed by atoms with van der Waals surface area (Å²) in [6, 6.07) is 5.40. The van der Waals surface area contributed by atoms with Gasteiger partial charge in [-0.1, -0.05) is 0 Å². The zero-order valence-corrected chi connectivity index (χ0v) is 7.63. The van der Waals surface area contributed by atoms with Crippen molar-refractivity contribution in [3.8, 4) is 5.75 Å². The van der Waals surface area contributed by atoms with E-state index >= 15 is 0 Å². The summed E-state index contributed by atoms with van der Waals surface area (Å²) in [5, 5.41) is 5.93. The minimum atomic E-state index is 0.411. The number of hydrogen-bond acceptors (Lipinski definition) is 4. The molecule has 0 heterocycles. The van der Waals surface area contributed by atoms with Crippen molar-refractivity contribution in [2.45, 2.75) is 0 Å². The van der Waals surface area contributed by atoms with E-state index in [0.29, 0.717) is 12.2 Å². The van der Waals surface area contributed by atoms with E-state index in [9.17, 15) is 4.79 Å². The van der Waals surface area contributed by atoms with E-state index in [4.69, 9.17) is 4.74 Å². The number of carbonyl (C=O) groups is 1. The van der Waals surface area contributed by atoms with Crippen LogP contribution in [0.5, 0.6) is 5.75 Å². The second kappa shape index (κ2) is 4.35. The first-order valence-corrected chi connectivity index (χ1v) is 3.91. The maximum Gasteiger partial charge on any atom is 0.298 e. The lowest BCUT2D eigenvalue weighted by Crippen LogP contribution is -1.95. The lowest BCUT2D eigenvalue weighted by Gasteiger charge is -2.07. The Morgan fingerprint density at radius 3 is 2.08 bits per heavy atom. The molecule has 0 fully saturated rings. The first-order valence-electron chi connectivity index (χ1n) is 3.91. The lowest BCUT2D eigenvalue weighted by molar-refractivity contribution is -0.120. The van der Waals surface area contributed by atoms with Crippen molar-refractivity contribution in [2.75, 3.05) is 24.7 Å². The summed E-state index contributed by atoms with van der Waals surface area (Å²) >= 11 is 0. The minimum Gasteiger partial charge on any atom is -0.429 e. The van der Waals surface area contributed by atoms with E-state index in [1.54, 1.807) is 26.2 Å². The number of carbonyl (C=O) groups excluding carboxylic acids is 1. The predicted octanol–water partition coefficient (Wildman–Crippen LogP) is 1.31. The molecule has 13 heavy (non-hydrogen) atoms. The van der Waals surface area contributed by atoms with Crippen LogP contribution in [-0.4, -0.2) is 20.6 Å². The van der Waals surface area contributed by atoms with Crippen LogP contribution in [0.25, 0.3) is 0 Å². The fourth-order valence-corrected chi connectivity index (χ4v) is 1.01. The van der Waals surface area contributed by atoms with Gasteiger partial charge in [0, 0.05) is 37.6 Å². The molecule has 0 aliphatic heterocycles. The van der Waals surface area contributed by atoms with Crippen molar-refractivity contribution >= 4 is 17.8 Å². The molecule has 0 aliphatic rings. The molecule has 0 aromatic heterocycles. The number of ether oxygens (including phenoxy) is 1. The van der Waals surface area contributed by atoms with Crippen molar-refractivity contribution < 1.29 is 9.53 Å². The number of nitrogens with one attached hydrogen (secondary N) is 2. The van der Waals surface area contributed by atoms with E-state index in [-0.39, 0.29) is 0 Å². The molecule has 4 nitrogen and oxygen atoms in total. The van der Waals surface area contributed by atoms with Gasteiger partial charge in [0.25, 0.3) is 6.47 Å². The third-order valence-corrected chi connectivity index (χ3v) is 1.67. The fourth-order valence-electron chi connectivity index (χ4n) is 1.01. The van der Waals surface area contributed by atoms with E-state index in [1.165, 1.54) is 0 Å². The SMILES string of the molecule is CNc1cc(NC)cc(OC=O)c1. The van der Waals surface area contributed by atoms with Gasteiger partial charge >= 0.3 is 0 Å². The largest absolute Gasteiger partial charge is 0.429 e. The summed E-state index contributed by atoms with van der Waals surface area (Å²) in [6.07, 6.45) is 0. The third kappa shape index (κ3) is 2.37. The van der Waals surface area contributed by atoms with Crippen LogP contribution in [0.1, 0.15) is 0 Å². The van der Waals surface area contributed by atoms with Crippen molar-refractivity contribution in [1.29, 1.82) is 0 Å². The second-order valence-electron chi connectivity index (χ2n) is 2.46. The standard InChI is InChI=1S/C9H12N2O2/c1-10-7-3-8(11-2)5-9(4-7)13-6-12/h3-6,10-11H,1-2H3. The number of benzene rings is 1. The number of anilines is 2. The van der Waals surface area contributed by atoms with Crippen LogP contribution in [0, 0.1) is 0 Å². The van der Waals surface area contributed by atoms with Gasteiger partial charge in [0.05, 0.1) is 0 Å². The van der Waals surface area contributed by atoms with Gasteiger partial charge in [-0.05, 0) is 6.07 Å². The van der Waals surface area contributed by atoms with Gasteiger partial charge in [-0.2, -0.15) is 0 Å². The summed E-state index contributed by atoms with van der Waals surface area (Å²) in [4.78, 5) is 10.1. The molecule has 0 saturated heterocycles. The van der Waals surface area contributed by atoms with Gasteiger partial charge in [-0.25, -0.2) is 0 Å². The summed E-state index contributed by atoms with van der Waals surface area (Å²) < 4.78 is 4.73. The smallest absolute Gasteiger partial charge is 0.298 e. The van der Waals surface area contributed by atoms with Gasteiger partial charge in [0.2, 0.25) is 0 Å². The van der Waals surface area contributed by atoms with Gasteiger partial charge in [0.15, 0.2) is 0 Å². The summed E-state index contributed by atoms with van der Waals surface area (Å²) in [6.45, 7) is 0.411. The second-order valence-corrected chi connectivity index (χ2v) is 2.46. The average Bonchev–Trinajstić information content (AvgIpc) is 2.17. The van der Waals surface area contributed by atoms with E-state index < -0.39 is 0 Å². The molecule has 1 aromatic carbocycles. The van der Waals surface area contributed by atoms with Crippen molar-refractivity contribution in [2.24, 2.45) is 0 Å². The average molecular weight is 180 g/mol. The van der Waals surface area contributed by atoms with Crippen LogP contribution in [0.3, 0.4) is 0 Å². The van der Waals surface area contributed by atoms with Crippen molar-refractivity contribution in [3.05, 3.63) is 18.2 Å².